The number of thioether (sulfide) groups is 1. The van der Waals surface area contributed by atoms with Gasteiger partial charge in [0.05, 0.1) is 11.3 Å². The molecule has 0 aliphatic carbocycles. The first-order chi connectivity index (χ1) is 15.5. The predicted octanol–water partition coefficient (Wildman–Crippen LogP) is 3.26. The van der Waals surface area contributed by atoms with Crippen LogP contribution in [0, 0.1) is 5.92 Å². The van der Waals surface area contributed by atoms with Gasteiger partial charge in [-0.25, -0.2) is 0 Å². The van der Waals surface area contributed by atoms with Crippen molar-refractivity contribution in [1.29, 1.82) is 0 Å². The second-order valence-corrected chi connectivity index (χ2v) is 9.62. The number of rotatable bonds is 6. The molecule has 3 aromatic heterocycles. The number of benzene rings is 1. The molecule has 1 aliphatic heterocycles. The predicted molar refractivity (Wildman–Crippen MR) is 124 cm³/mol. The molecule has 0 saturated heterocycles. The average molecular weight is 472 g/mol. The van der Waals surface area contributed by atoms with Gasteiger partial charge in [-0.05, 0) is 29.5 Å². The van der Waals surface area contributed by atoms with Gasteiger partial charge in [0.15, 0.2) is 16.7 Å². The van der Waals surface area contributed by atoms with E-state index in [1.54, 1.807) is 22.8 Å². The zero-order valence-electron chi connectivity index (χ0n) is 17.5. The number of fused-ring (bicyclic) bond motifs is 4. The van der Waals surface area contributed by atoms with Crippen molar-refractivity contribution in [2.24, 2.45) is 5.92 Å². The maximum Gasteiger partial charge on any atom is 0.272 e. The molecule has 32 heavy (non-hydrogen) atoms. The van der Waals surface area contributed by atoms with Gasteiger partial charge < -0.3 is 14.8 Å². The summed E-state index contributed by atoms with van der Waals surface area (Å²) in [7, 11) is 0. The first-order valence-electron chi connectivity index (χ1n) is 10.2. The average Bonchev–Trinajstić information content (AvgIpc) is 3.42. The molecule has 0 spiro atoms. The monoisotopic (exact) mass is 471 g/mol. The lowest BCUT2D eigenvalue weighted by Crippen LogP contribution is -2.24. The third-order valence-corrected chi connectivity index (χ3v) is 6.71. The lowest BCUT2D eigenvalue weighted by atomic mass is 10.2. The van der Waals surface area contributed by atoms with E-state index in [-0.39, 0.29) is 23.1 Å². The molecule has 1 aromatic carbocycles. The molecule has 1 aliphatic rings. The largest absolute Gasteiger partial charge is 0.486 e. The van der Waals surface area contributed by atoms with Gasteiger partial charge in [-0.1, -0.05) is 25.6 Å². The first kappa shape index (κ1) is 20.8. The molecule has 0 fully saturated rings. The van der Waals surface area contributed by atoms with Crippen molar-refractivity contribution in [2.75, 3.05) is 24.3 Å². The molecule has 5 rings (SSSR count). The van der Waals surface area contributed by atoms with Crippen LogP contribution in [0.2, 0.25) is 0 Å². The second-order valence-electron chi connectivity index (χ2n) is 7.76. The number of hydrogen-bond acceptors (Lipinski definition) is 8. The van der Waals surface area contributed by atoms with Crippen LogP contribution in [0.3, 0.4) is 0 Å². The molecule has 0 bridgehead atoms. The van der Waals surface area contributed by atoms with E-state index in [1.165, 1.54) is 23.1 Å². The third kappa shape index (κ3) is 3.82. The summed E-state index contributed by atoms with van der Waals surface area (Å²) in [6.07, 6.45) is 0. The number of aromatic nitrogens is 4. The van der Waals surface area contributed by atoms with E-state index in [9.17, 15) is 9.59 Å². The Balaban J connectivity index is 1.38. The Kier molecular flexibility index (Phi) is 5.51. The van der Waals surface area contributed by atoms with Crippen LogP contribution in [0.25, 0.3) is 16.0 Å². The van der Waals surface area contributed by atoms with Gasteiger partial charge in [-0.2, -0.15) is 0 Å². The van der Waals surface area contributed by atoms with E-state index < -0.39 is 0 Å². The number of amides is 1. The van der Waals surface area contributed by atoms with E-state index in [1.807, 2.05) is 15.8 Å². The van der Waals surface area contributed by atoms with Crippen LogP contribution in [-0.4, -0.2) is 44.0 Å². The minimum atomic E-state index is -0.180. The fourth-order valence-electron chi connectivity index (χ4n) is 3.57. The molecule has 9 nitrogen and oxygen atoms in total. The van der Waals surface area contributed by atoms with E-state index in [0.717, 1.165) is 5.52 Å². The molecule has 0 radical (unpaired) electrons. The SMILES string of the molecule is CC(C)Cn1c(=O)c2sccc2n2c(SCC(=O)Nc3ccc4c(c3)OCCO4)nnc12. The number of nitrogens with one attached hydrogen (secondary N) is 1. The van der Waals surface area contributed by atoms with Crippen molar-refractivity contribution in [3.8, 4) is 11.5 Å². The number of thiophene rings is 1. The van der Waals surface area contributed by atoms with Gasteiger partial charge in [0.1, 0.15) is 17.9 Å². The molecule has 1 N–H and O–H groups in total. The van der Waals surface area contributed by atoms with Gasteiger partial charge in [-0.3, -0.25) is 18.6 Å². The topological polar surface area (TPSA) is 99.8 Å². The van der Waals surface area contributed by atoms with Crippen LogP contribution in [-0.2, 0) is 11.3 Å². The zero-order chi connectivity index (χ0) is 22.2. The number of anilines is 1. The Morgan fingerprint density at radius 1 is 1.22 bits per heavy atom. The molecule has 0 saturated carbocycles. The summed E-state index contributed by atoms with van der Waals surface area (Å²) in [5, 5.41) is 13.9. The Bertz CT molecular complexity index is 1370. The molecule has 0 unspecified atom stereocenters. The fourth-order valence-corrected chi connectivity index (χ4v) is 5.14. The van der Waals surface area contributed by atoms with Crippen molar-refractivity contribution in [3.63, 3.8) is 0 Å². The van der Waals surface area contributed by atoms with Crippen molar-refractivity contribution in [2.45, 2.75) is 25.5 Å². The highest BCUT2D eigenvalue weighted by molar-refractivity contribution is 7.99. The van der Waals surface area contributed by atoms with Crippen LogP contribution in [0.5, 0.6) is 11.5 Å². The minimum absolute atomic E-state index is 0.0588. The van der Waals surface area contributed by atoms with Crippen LogP contribution in [0.4, 0.5) is 5.69 Å². The number of nitrogens with zero attached hydrogens (tertiary/aromatic N) is 4. The molecular formula is C21H21N5O4S2. The Labute approximate surface area is 191 Å². The Morgan fingerprint density at radius 3 is 2.84 bits per heavy atom. The second kappa shape index (κ2) is 8.47. The molecular weight excluding hydrogens is 450 g/mol. The van der Waals surface area contributed by atoms with E-state index in [0.29, 0.717) is 52.6 Å². The van der Waals surface area contributed by atoms with Gasteiger partial charge in [0, 0.05) is 18.3 Å². The number of carbonyl (C=O) groups excluding carboxylic acids is 1. The Morgan fingerprint density at radius 2 is 2.03 bits per heavy atom. The molecule has 4 heterocycles. The normalized spacial score (nSPS) is 13.2. The smallest absolute Gasteiger partial charge is 0.272 e. The van der Waals surface area contributed by atoms with Gasteiger partial charge in [-0.15, -0.1) is 21.5 Å². The van der Waals surface area contributed by atoms with E-state index >= 15 is 0 Å². The Hall–Kier alpha value is -3.05. The highest BCUT2D eigenvalue weighted by Gasteiger charge is 2.19. The fraction of sp³-hybridized carbons (Fsp3) is 0.333. The van der Waals surface area contributed by atoms with Gasteiger partial charge in [0.25, 0.3) is 5.56 Å². The summed E-state index contributed by atoms with van der Waals surface area (Å²) < 4.78 is 15.2. The lowest BCUT2D eigenvalue weighted by Gasteiger charge is -2.18. The number of ether oxygens (including phenoxy) is 2. The molecule has 1 amide bonds. The zero-order valence-corrected chi connectivity index (χ0v) is 19.2. The first-order valence-corrected chi connectivity index (χ1v) is 12.0. The maximum absolute atomic E-state index is 12.9. The van der Waals surface area contributed by atoms with Gasteiger partial charge >= 0.3 is 0 Å². The molecule has 4 aromatic rings. The third-order valence-electron chi connectivity index (χ3n) is 4.89. The standard InChI is InChI=1S/C21H21N5O4S2/c1-12(2)10-25-19(28)18-14(5-8-31-18)26-20(25)23-24-21(26)32-11-17(27)22-13-3-4-15-16(9-13)30-7-6-29-15/h3-5,8-9,12H,6-7,10-11H2,1-2H3,(H,22,27). The number of carbonyl (C=O) groups is 1. The van der Waals surface area contributed by atoms with Gasteiger partial charge in [0.2, 0.25) is 11.7 Å². The minimum Gasteiger partial charge on any atom is -0.486 e. The maximum atomic E-state index is 12.9. The molecule has 11 heteroatoms. The highest BCUT2D eigenvalue weighted by Crippen LogP contribution is 2.32. The van der Waals surface area contributed by atoms with Crippen LogP contribution in [0.15, 0.2) is 39.6 Å². The number of hydrogen-bond donors (Lipinski definition) is 1. The van der Waals surface area contributed by atoms with Crippen LogP contribution < -0.4 is 20.3 Å². The summed E-state index contributed by atoms with van der Waals surface area (Å²) >= 11 is 2.67. The van der Waals surface area contributed by atoms with Crippen molar-refractivity contribution < 1.29 is 14.3 Å². The molecule has 166 valence electrons. The van der Waals surface area contributed by atoms with Crippen molar-refractivity contribution in [3.05, 3.63) is 40.0 Å². The van der Waals surface area contributed by atoms with Crippen molar-refractivity contribution in [1.82, 2.24) is 19.2 Å². The van der Waals surface area contributed by atoms with E-state index in [2.05, 4.69) is 29.4 Å². The summed E-state index contributed by atoms with van der Waals surface area (Å²) in [5.74, 6) is 2.02. The summed E-state index contributed by atoms with van der Waals surface area (Å²) in [6.45, 7) is 5.65. The lowest BCUT2D eigenvalue weighted by molar-refractivity contribution is -0.113. The summed E-state index contributed by atoms with van der Waals surface area (Å²) in [4.78, 5) is 25.5. The van der Waals surface area contributed by atoms with Crippen LogP contribution in [0.1, 0.15) is 13.8 Å². The van der Waals surface area contributed by atoms with E-state index in [4.69, 9.17) is 9.47 Å². The summed E-state index contributed by atoms with van der Waals surface area (Å²) in [5.41, 5.74) is 1.34. The van der Waals surface area contributed by atoms with Crippen LogP contribution >= 0.6 is 23.1 Å². The summed E-state index contributed by atoms with van der Waals surface area (Å²) in [6, 6.07) is 7.20. The van der Waals surface area contributed by atoms with Crippen molar-refractivity contribution >= 4 is 50.7 Å². The quantitative estimate of drug-likeness (QED) is 0.431. The molecule has 0 atom stereocenters. The highest BCUT2D eigenvalue weighted by atomic mass is 32.2.